The Morgan fingerprint density at radius 2 is 2.12 bits per heavy atom. The summed E-state index contributed by atoms with van der Waals surface area (Å²) < 4.78 is 11.0. The monoisotopic (exact) mass is 381 g/mol. The predicted molar refractivity (Wildman–Crippen MR) is 108 cm³/mol. The Bertz CT molecular complexity index is 546. The zero-order chi connectivity index (χ0) is 18.6. The molecule has 6 heteroatoms. The molecule has 26 heavy (non-hydrogen) atoms. The van der Waals surface area contributed by atoms with Crippen LogP contribution in [0.25, 0.3) is 0 Å². The summed E-state index contributed by atoms with van der Waals surface area (Å²) in [6.07, 6.45) is 4.31. The number of aliphatic imine (C=N–C) groups is 1. The van der Waals surface area contributed by atoms with E-state index < -0.39 is 0 Å². The lowest BCUT2D eigenvalue weighted by atomic mass is 10.1. The van der Waals surface area contributed by atoms with E-state index >= 15 is 0 Å². The first-order valence-electron chi connectivity index (χ1n) is 9.61. The van der Waals surface area contributed by atoms with Crippen molar-refractivity contribution in [1.29, 1.82) is 0 Å². The van der Waals surface area contributed by atoms with Crippen molar-refractivity contribution in [3.05, 3.63) is 34.9 Å². The van der Waals surface area contributed by atoms with Crippen LogP contribution in [0.3, 0.4) is 0 Å². The average molecular weight is 382 g/mol. The van der Waals surface area contributed by atoms with Gasteiger partial charge < -0.3 is 19.7 Å². The number of rotatable bonds is 9. The lowest BCUT2D eigenvalue weighted by Crippen LogP contribution is -2.47. The van der Waals surface area contributed by atoms with Gasteiger partial charge in [-0.15, -0.1) is 0 Å². The lowest BCUT2D eigenvalue weighted by Gasteiger charge is -2.34. The zero-order valence-electron chi connectivity index (χ0n) is 16.0. The Kier molecular flexibility index (Phi) is 9.82. The SMILES string of the molecule is CCNC(=NCCc1cccc(Cl)c1)N1CCC(OCCCOC)CC1. The Hall–Kier alpha value is -1.30. The third-order valence-corrected chi connectivity index (χ3v) is 4.71. The fourth-order valence-corrected chi connectivity index (χ4v) is 3.31. The van der Waals surface area contributed by atoms with Crippen molar-refractivity contribution in [2.24, 2.45) is 4.99 Å². The van der Waals surface area contributed by atoms with Crippen LogP contribution in [-0.2, 0) is 15.9 Å². The van der Waals surface area contributed by atoms with Crippen LogP contribution in [0.5, 0.6) is 0 Å². The molecular formula is C20H32ClN3O2. The van der Waals surface area contributed by atoms with Gasteiger partial charge in [0.15, 0.2) is 5.96 Å². The number of ether oxygens (including phenoxy) is 2. The van der Waals surface area contributed by atoms with Gasteiger partial charge in [-0.2, -0.15) is 0 Å². The molecule has 1 aliphatic rings. The zero-order valence-corrected chi connectivity index (χ0v) is 16.8. The fourth-order valence-electron chi connectivity index (χ4n) is 3.10. The van der Waals surface area contributed by atoms with Crippen LogP contribution in [0.15, 0.2) is 29.3 Å². The second kappa shape index (κ2) is 12.2. The highest BCUT2D eigenvalue weighted by Gasteiger charge is 2.21. The van der Waals surface area contributed by atoms with Crippen LogP contribution in [-0.4, -0.2) is 63.5 Å². The van der Waals surface area contributed by atoms with E-state index in [0.717, 1.165) is 76.1 Å². The van der Waals surface area contributed by atoms with Crippen LogP contribution in [0, 0.1) is 0 Å². The van der Waals surface area contributed by atoms with Gasteiger partial charge in [0.05, 0.1) is 6.10 Å². The lowest BCUT2D eigenvalue weighted by molar-refractivity contribution is 0.00991. The van der Waals surface area contributed by atoms with E-state index in [4.69, 9.17) is 26.1 Å². The summed E-state index contributed by atoms with van der Waals surface area (Å²) in [5.41, 5.74) is 1.22. The number of likely N-dealkylation sites (tertiary alicyclic amines) is 1. The minimum Gasteiger partial charge on any atom is -0.385 e. The van der Waals surface area contributed by atoms with Crippen molar-refractivity contribution >= 4 is 17.6 Å². The number of methoxy groups -OCH3 is 1. The molecule has 1 N–H and O–H groups in total. The van der Waals surface area contributed by atoms with E-state index in [2.05, 4.69) is 23.2 Å². The molecule has 2 rings (SSSR count). The largest absolute Gasteiger partial charge is 0.385 e. The van der Waals surface area contributed by atoms with Crippen molar-refractivity contribution in [3.8, 4) is 0 Å². The summed E-state index contributed by atoms with van der Waals surface area (Å²) in [5.74, 6) is 1.01. The molecule has 1 aliphatic heterocycles. The Morgan fingerprint density at radius 1 is 1.31 bits per heavy atom. The quantitative estimate of drug-likeness (QED) is 0.404. The molecule has 0 aromatic heterocycles. The molecule has 1 aromatic rings. The van der Waals surface area contributed by atoms with E-state index in [9.17, 15) is 0 Å². The molecule has 1 fully saturated rings. The number of halogens is 1. The summed E-state index contributed by atoms with van der Waals surface area (Å²) in [5, 5.41) is 4.20. The number of hydrogen-bond acceptors (Lipinski definition) is 3. The van der Waals surface area contributed by atoms with Crippen molar-refractivity contribution in [2.45, 2.75) is 38.7 Å². The van der Waals surface area contributed by atoms with E-state index in [1.807, 2.05) is 18.2 Å². The van der Waals surface area contributed by atoms with Crippen LogP contribution in [0.1, 0.15) is 31.7 Å². The summed E-state index contributed by atoms with van der Waals surface area (Å²) >= 11 is 6.05. The van der Waals surface area contributed by atoms with Gasteiger partial charge in [-0.1, -0.05) is 23.7 Å². The number of benzene rings is 1. The summed E-state index contributed by atoms with van der Waals surface area (Å²) in [6.45, 7) is 7.27. The van der Waals surface area contributed by atoms with Crippen LogP contribution in [0.4, 0.5) is 0 Å². The van der Waals surface area contributed by atoms with Gasteiger partial charge >= 0.3 is 0 Å². The Labute approximate surface area is 162 Å². The van der Waals surface area contributed by atoms with E-state index in [1.54, 1.807) is 7.11 Å². The highest BCUT2D eigenvalue weighted by molar-refractivity contribution is 6.30. The first-order chi connectivity index (χ1) is 12.7. The molecule has 0 atom stereocenters. The first kappa shape index (κ1) is 21.0. The van der Waals surface area contributed by atoms with Gasteiger partial charge in [0.1, 0.15) is 0 Å². The number of piperidine rings is 1. The Balaban J connectivity index is 1.78. The van der Waals surface area contributed by atoms with Gasteiger partial charge in [-0.05, 0) is 50.3 Å². The van der Waals surface area contributed by atoms with Gasteiger partial charge in [-0.25, -0.2) is 0 Å². The smallest absolute Gasteiger partial charge is 0.193 e. The molecule has 0 amide bonds. The standard InChI is InChI=1S/C20H32ClN3O2/c1-3-22-20(23-11-8-17-6-4-7-18(21)16-17)24-12-9-19(10-13-24)26-15-5-14-25-2/h4,6-7,16,19H,3,5,8-15H2,1-2H3,(H,22,23). The molecule has 0 saturated carbocycles. The van der Waals surface area contributed by atoms with E-state index in [1.165, 1.54) is 5.56 Å². The fraction of sp³-hybridized carbons (Fsp3) is 0.650. The van der Waals surface area contributed by atoms with Crippen molar-refractivity contribution < 1.29 is 9.47 Å². The maximum Gasteiger partial charge on any atom is 0.193 e. The van der Waals surface area contributed by atoms with Crippen molar-refractivity contribution in [2.75, 3.05) is 46.5 Å². The molecule has 0 radical (unpaired) electrons. The minimum absolute atomic E-state index is 0.359. The first-order valence-corrected chi connectivity index (χ1v) is 9.99. The second-order valence-electron chi connectivity index (χ2n) is 6.52. The highest BCUT2D eigenvalue weighted by atomic mass is 35.5. The average Bonchev–Trinajstić information content (AvgIpc) is 2.65. The normalized spacial score (nSPS) is 16.1. The number of hydrogen-bond donors (Lipinski definition) is 1. The molecular weight excluding hydrogens is 350 g/mol. The number of nitrogens with zero attached hydrogens (tertiary/aromatic N) is 2. The maximum absolute atomic E-state index is 6.05. The predicted octanol–water partition coefficient (Wildman–Crippen LogP) is 3.37. The minimum atomic E-state index is 0.359. The summed E-state index contributed by atoms with van der Waals surface area (Å²) in [7, 11) is 1.73. The van der Waals surface area contributed by atoms with E-state index in [0.29, 0.717) is 6.10 Å². The van der Waals surface area contributed by atoms with Crippen LogP contribution < -0.4 is 5.32 Å². The third kappa shape index (κ3) is 7.52. The molecule has 146 valence electrons. The summed E-state index contributed by atoms with van der Waals surface area (Å²) in [6, 6.07) is 8.00. The highest BCUT2D eigenvalue weighted by Crippen LogP contribution is 2.15. The third-order valence-electron chi connectivity index (χ3n) is 4.47. The molecule has 0 bridgehead atoms. The molecule has 0 spiro atoms. The van der Waals surface area contributed by atoms with Gasteiger partial charge in [0.2, 0.25) is 0 Å². The van der Waals surface area contributed by atoms with Crippen molar-refractivity contribution in [3.63, 3.8) is 0 Å². The second-order valence-corrected chi connectivity index (χ2v) is 6.96. The van der Waals surface area contributed by atoms with Gasteiger partial charge in [0.25, 0.3) is 0 Å². The molecule has 5 nitrogen and oxygen atoms in total. The molecule has 0 aliphatic carbocycles. The van der Waals surface area contributed by atoms with Crippen LogP contribution in [0.2, 0.25) is 5.02 Å². The topological polar surface area (TPSA) is 46.1 Å². The number of nitrogens with one attached hydrogen (secondary N) is 1. The van der Waals surface area contributed by atoms with Crippen molar-refractivity contribution in [1.82, 2.24) is 10.2 Å². The van der Waals surface area contributed by atoms with Gasteiger partial charge in [-0.3, -0.25) is 4.99 Å². The summed E-state index contributed by atoms with van der Waals surface area (Å²) in [4.78, 5) is 7.15. The van der Waals surface area contributed by atoms with E-state index in [-0.39, 0.29) is 0 Å². The number of guanidine groups is 1. The van der Waals surface area contributed by atoms with Crippen LogP contribution >= 0.6 is 11.6 Å². The molecule has 0 unspecified atom stereocenters. The molecule has 1 heterocycles. The molecule has 1 saturated heterocycles. The maximum atomic E-state index is 6.05. The van der Waals surface area contributed by atoms with Gasteiger partial charge in [0, 0.05) is 51.5 Å². The molecule has 1 aromatic carbocycles. The Morgan fingerprint density at radius 3 is 2.81 bits per heavy atom.